The molecule has 2 aromatic carbocycles. The molecule has 1 N–H and O–H groups in total. The zero-order chi connectivity index (χ0) is 26.3. The topological polar surface area (TPSA) is 86.8 Å². The van der Waals surface area contributed by atoms with Crippen molar-refractivity contribution in [2.45, 2.75) is 57.5 Å². The molecular weight excluding hydrogens is 521 g/mol. The van der Waals surface area contributed by atoms with Crippen molar-refractivity contribution in [3.05, 3.63) is 64.1 Å². The van der Waals surface area contributed by atoms with Crippen LogP contribution < -0.4 is 9.62 Å². The molecule has 36 heavy (non-hydrogen) atoms. The zero-order valence-electron chi connectivity index (χ0n) is 20.6. The lowest BCUT2D eigenvalue weighted by Crippen LogP contribution is -2.53. The highest BCUT2D eigenvalue weighted by Gasteiger charge is 2.31. The fourth-order valence-corrected chi connectivity index (χ4v) is 5.84. The predicted molar refractivity (Wildman–Crippen MR) is 145 cm³/mol. The van der Waals surface area contributed by atoms with Crippen LogP contribution in [-0.4, -0.2) is 56.6 Å². The van der Waals surface area contributed by atoms with Crippen LogP contribution in [0.15, 0.2) is 48.5 Å². The lowest BCUT2D eigenvalue weighted by molar-refractivity contribution is -0.139. The number of carbonyl (C=O) groups excluding carboxylic acids is 2. The molecule has 1 atom stereocenters. The van der Waals surface area contributed by atoms with E-state index >= 15 is 0 Å². The summed E-state index contributed by atoms with van der Waals surface area (Å²) >= 11 is 12.3. The average molecular weight is 555 g/mol. The molecule has 0 saturated heterocycles. The Morgan fingerprint density at radius 2 is 1.72 bits per heavy atom. The van der Waals surface area contributed by atoms with E-state index in [1.54, 1.807) is 6.92 Å². The van der Waals surface area contributed by atoms with Crippen molar-refractivity contribution in [3.63, 3.8) is 0 Å². The predicted octanol–water partition coefficient (Wildman–Crippen LogP) is 4.67. The molecule has 10 heteroatoms. The van der Waals surface area contributed by atoms with Crippen molar-refractivity contribution in [2.75, 3.05) is 23.7 Å². The van der Waals surface area contributed by atoms with E-state index in [1.807, 2.05) is 30.3 Å². The first-order chi connectivity index (χ1) is 17.1. The highest BCUT2D eigenvalue weighted by atomic mass is 35.5. The van der Waals surface area contributed by atoms with Gasteiger partial charge in [0.2, 0.25) is 21.8 Å². The summed E-state index contributed by atoms with van der Waals surface area (Å²) < 4.78 is 26.3. The highest BCUT2D eigenvalue weighted by Crippen LogP contribution is 2.30. The van der Waals surface area contributed by atoms with Gasteiger partial charge in [-0.05, 0) is 49.9 Å². The Bertz CT molecular complexity index is 1160. The maximum Gasteiger partial charge on any atom is 0.244 e. The maximum atomic E-state index is 13.6. The molecule has 0 heterocycles. The molecule has 0 aromatic heterocycles. The number of benzene rings is 2. The van der Waals surface area contributed by atoms with Crippen molar-refractivity contribution in [3.8, 4) is 0 Å². The number of nitrogens with zero attached hydrogens (tertiary/aromatic N) is 2. The Hall–Kier alpha value is -2.29. The molecule has 1 saturated carbocycles. The summed E-state index contributed by atoms with van der Waals surface area (Å²) in [6, 6.07) is 13.4. The van der Waals surface area contributed by atoms with Crippen molar-refractivity contribution < 1.29 is 18.0 Å². The summed E-state index contributed by atoms with van der Waals surface area (Å²) in [7, 11) is -3.86. The molecular formula is C26H33Cl2N3O4S. The molecule has 0 bridgehead atoms. The van der Waals surface area contributed by atoms with E-state index < -0.39 is 28.5 Å². The quantitative estimate of drug-likeness (QED) is 0.463. The Morgan fingerprint density at radius 3 is 2.33 bits per heavy atom. The highest BCUT2D eigenvalue weighted by molar-refractivity contribution is 7.92. The van der Waals surface area contributed by atoms with Crippen LogP contribution in [0.5, 0.6) is 0 Å². The van der Waals surface area contributed by atoms with Gasteiger partial charge in [-0.1, -0.05) is 72.8 Å². The normalized spacial score (nSPS) is 15.2. The number of halogens is 2. The van der Waals surface area contributed by atoms with Crippen molar-refractivity contribution in [1.82, 2.24) is 10.2 Å². The monoisotopic (exact) mass is 553 g/mol. The summed E-state index contributed by atoms with van der Waals surface area (Å²) in [5, 5.41) is 3.54. The SMILES string of the molecule is C[C@H](C(=O)NC1CCCCC1)N(CCc1ccccc1)C(=O)CN(c1ccc(Cl)cc1Cl)S(C)(=O)=O. The van der Waals surface area contributed by atoms with Gasteiger partial charge in [0.15, 0.2) is 0 Å². The van der Waals surface area contributed by atoms with Gasteiger partial charge in [-0.2, -0.15) is 0 Å². The third-order valence-corrected chi connectivity index (χ3v) is 8.12. The molecule has 0 spiro atoms. The second-order valence-corrected chi connectivity index (χ2v) is 12.0. The van der Waals surface area contributed by atoms with E-state index in [2.05, 4.69) is 5.32 Å². The number of hydrogen-bond acceptors (Lipinski definition) is 4. The van der Waals surface area contributed by atoms with Crippen LogP contribution in [-0.2, 0) is 26.0 Å². The lowest BCUT2D eigenvalue weighted by Gasteiger charge is -2.33. The van der Waals surface area contributed by atoms with Crippen LogP contribution in [0.25, 0.3) is 0 Å². The molecule has 1 aliphatic rings. The summed E-state index contributed by atoms with van der Waals surface area (Å²) in [6.45, 7) is 1.45. The van der Waals surface area contributed by atoms with Crippen LogP contribution in [0.3, 0.4) is 0 Å². The van der Waals surface area contributed by atoms with E-state index in [0.717, 1.165) is 48.2 Å². The molecule has 0 unspecified atom stereocenters. The minimum atomic E-state index is -3.86. The third-order valence-electron chi connectivity index (χ3n) is 6.46. The molecule has 2 aromatic rings. The summed E-state index contributed by atoms with van der Waals surface area (Å²) in [5.41, 5.74) is 1.16. The molecule has 0 aliphatic heterocycles. The average Bonchev–Trinajstić information content (AvgIpc) is 2.83. The lowest BCUT2D eigenvalue weighted by atomic mass is 9.95. The van der Waals surface area contributed by atoms with Gasteiger partial charge in [-0.3, -0.25) is 13.9 Å². The zero-order valence-corrected chi connectivity index (χ0v) is 23.0. The molecule has 0 radical (unpaired) electrons. The number of amides is 2. The number of sulfonamides is 1. The maximum absolute atomic E-state index is 13.6. The van der Waals surface area contributed by atoms with Gasteiger partial charge in [0, 0.05) is 17.6 Å². The Balaban J connectivity index is 1.83. The van der Waals surface area contributed by atoms with Crippen LogP contribution in [0.2, 0.25) is 10.0 Å². The number of anilines is 1. The van der Waals surface area contributed by atoms with Gasteiger partial charge in [0.25, 0.3) is 0 Å². The van der Waals surface area contributed by atoms with Gasteiger partial charge in [0.05, 0.1) is 17.0 Å². The van der Waals surface area contributed by atoms with Gasteiger partial charge >= 0.3 is 0 Å². The standard InChI is InChI=1S/C26H33Cl2N3O4S/c1-19(26(33)29-22-11-7-4-8-12-22)30(16-15-20-9-5-3-6-10-20)25(32)18-31(36(2,34)35)24-14-13-21(27)17-23(24)28/h3,5-6,9-10,13-14,17,19,22H,4,7-8,11-12,15-16,18H2,1-2H3,(H,29,33)/t19-/m1/s1. The van der Waals surface area contributed by atoms with Crippen LogP contribution in [0, 0.1) is 0 Å². The van der Waals surface area contributed by atoms with Crippen molar-refractivity contribution in [1.29, 1.82) is 0 Å². The van der Waals surface area contributed by atoms with Gasteiger partial charge < -0.3 is 10.2 Å². The molecule has 3 rings (SSSR count). The van der Waals surface area contributed by atoms with Crippen LogP contribution >= 0.6 is 23.2 Å². The molecule has 2 amide bonds. The van der Waals surface area contributed by atoms with E-state index in [4.69, 9.17) is 23.2 Å². The van der Waals surface area contributed by atoms with E-state index in [-0.39, 0.29) is 29.2 Å². The Labute approximate surface area is 223 Å². The first kappa shape index (κ1) is 28.3. The molecule has 1 aliphatic carbocycles. The van der Waals surface area contributed by atoms with Gasteiger partial charge in [0.1, 0.15) is 12.6 Å². The van der Waals surface area contributed by atoms with E-state index in [1.165, 1.54) is 23.1 Å². The minimum Gasteiger partial charge on any atom is -0.352 e. The second kappa shape index (κ2) is 12.8. The summed E-state index contributed by atoms with van der Waals surface area (Å²) in [4.78, 5) is 28.2. The number of hydrogen-bond donors (Lipinski definition) is 1. The molecule has 1 fully saturated rings. The second-order valence-electron chi connectivity index (χ2n) is 9.21. The van der Waals surface area contributed by atoms with E-state index in [0.29, 0.717) is 11.4 Å². The fourth-order valence-electron chi connectivity index (χ4n) is 4.42. The summed E-state index contributed by atoms with van der Waals surface area (Å²) in [6.07, 6.45) is 6.69. The van der Waals surface area contributed by atoms with E-state index in [9.17, 15) is 18.0 Å². The minimum absolute atomic E-state index is 0.0974. The first-order valence-electron chi connectivity index (χ1n) is 12.1. The van der Waals surface area contributed by atoms with Crippen molar-refractivity contribution >= 4 is 50.7 Å². The van der Waals surface area contributed by atoms with Gasteiger partial charge in [-0.15, -0.1) is 0 Å². The number of nitrogens with one attached hydrogen (secondary N) is 1. The Kier molecular flexibility index (Phi) is 10.0. The smallest absolute Gasteiger partial charge is 0.244 e. The Morgan fingerprint density at radius 1 is 1.06 bits per heavy atom. The largest absolute Gasteiger partial charge is 0.352 e. The first-order valence-corrected chi connectivity index (χ1v) is 14.7. The molecule has 196 valence electrons. The number of rotatable bonds is 10. The number of carbonyl (C=O) groups is 2. The third kappa shape index (κ3) is 7.85. The molecule has 7 nitrogen and oxygen atoms in total. The van der Waals surface area contributed by atoms with Crippen molar-refractivity contribution in [2.24, 2.45) is 0 Å². The fraction of sp³-hybridized carbons (Fsp3) is 0.462. The summed E-state index contributed by atoms with van der Waals surface area (Å²) in [5.74, 6) is -0.729. The van der Waals surface area contributed by atoms with Gasteiger partial charge in [-0.25, -0.2) is 8.42 Å². The van der Waals surface area contributed by atoms with Crippen LogP contribution in [0.4, 0.5) is 5.69 Å². The van der Waals surface area contributed by atoms with Crippen LogP contribution in [0.1, 0.15) is 44.6 Å².